The molecule has 1 aromatic heterocycles. The quantitative estimate of drug-likeness (QED) is 0.901. The summed E-state index contributed by atoms with van der Waals surface area (Å²) in [5, 5.41) is 15.5. The van der Waals surface area contributed by atoms with Crippen LogP contribution in [-0.4, -0.2) is 19.5 Å². The Morgan fingerprint density at radius 1 is 1.21 bits per heavy atom. The van der Waals surface area contributed by atoms with Crippen molar-refractivity contribution >= 4 is 39.1 Å². The Kier molecular flexibility index (Phi) is 3.95. The standard InChI is InChI=1S/C11H9NO4S3/c12-19(15,16)9-3-1-7(2-4-9)18-8-5-10(11(13)14)17-6-8/h1-6H,(H,13,14)(H2,12,15,16). The van der Waals surface area contributed by atoms with Gasteiger partial charge in [-0.15, -0.1) is 11.3 Å². The first-order valence-electron chi connectivity index (χ1n) is 4.99. The second-order valence-corrected chi connectivity index (χ2v) is 7.19. The van der Waals surface area contributed by atoms with Gasteiger partial charge in [0.1, 0.15) is 4.88 Å². The van der Waals surface area contributed by atoms with E-state index < -0.39 is 16.0 Å². The van der Waals surface area contributed by atoms with Crippen LogP contribution in [0.3, 0.4) is 0 Å². The zero-order chi connectivity index (χ0) is 14.0. The summed E-state index contributed by atoms with van der Waals surface area (Å²) in [6, 6.07) is 7.67. The van der Waals surface area contributed by atoms with Crippen molar-refractivity contribution in [3.63, 3.8) is 0 Å². The largest absolute Gasteiger partial charge is 0.477 e. The van der Waals surface area contributed by atoms with Crippen molar-refractivity contribution in [2.24, 2.45) is 5.14 Å². The second-order valence-electron chi connectivity index (χ2n) is 3.57. The Balaban J connectivity index is 2.17. The molecule has 0 aliphatic carbocycles. The topological polar surface area (TPSA) is 97.5 Å². The number of aromatic carboxylic acids is 1. The van der Waals surface area contributed by atoms with E-state index in [0.717, 1.165) is 21.1 Å². The molecule has 8 heteroatoms. The fourth-order valence-electron chi connectivity index (χ4n) is 1.32. The first-order valence-corrected chi connectivity index (χ1v) is 8.23. The molecule has 0 unspecified atom stereocenters. The second kappa shape index (κ2) is 5.33. The molecule has 2 aromatic rings. The fourth-order valence-corrected chi connectivity index (χ4v) is 3.57. The number of nitrogens with two attached hydrogens (primary N) is 1. The summed E-state index contributed by atoms with van der Waals surface area (Å²) in [5.41, 5.74) is 0. The average molecular weight is 315 g/mol. The van der Waals surface area contributed by atoms with E-state index in [1.807, 2.05) is 0 Å². The normalized spacial score (nSPS) is 11.4. The lowest BCUT2D eigenvalue weighted by Gasteiger charge is -2.01. The van der Waals surface area contributed by atoms with E-state index in [4.69, 9.17) is 10.2 Å². The molecular formula is C11H9NO4S3. The van der Waals surface area contributed by atoms with Gasteiger partial charge in [-0.2, -0.15) is 0 Å². The predicted molar refractivity (Wildman–Crippen MR) is 73.2 cm³/mol. The number of thiophene rings is 1. The number of carboxylic acid groups (broad SMARTS) is 1. The Bertz CT molecular complexity index is 704. The Morgan fingerprint density at radius 3 is 2.32 bits per heavy atom. The maximum absolute atomic E-state index is 11.1. The number of benzene rings is 1. The van der Waals surface area contributed by atoms with Crippen molar-refractivity contribution in [3.05, 3.63) is 40.6 Å². The molecule has 5 nitrogen and oxygen atoms in total. The van der Waals surface area contributed by atoms with Gasteiger partial charge in [-0.3, -0.25) is 0 Å². The molecule has 0 aliphatic rings. The SMILES string of the molecule is NS(=O)(=O)c1ccc(Sc2csc(C(=O)O)c2)cc1. The van der Waals surface area contributed by atoms with Gasteiger partial charge in [0.2, 0.25) is 10.0 Å². The van der Waals surface area contributed by atoms with Crippen LogP contribution in [0.2, 0.25) is 0 Å². The van der Waals surface area contributed by atoms with E-state index in [0.29, 0.717) is 0 Å². The highest BCUT2D eigenvalue weighted by atomic mass is 32.2. The number of primary sulfonamides is 1. The lowest BCUT2D eigenvalue weighted by Crippen LogP contribution is -2.11. The van der Waals surface area contributed by atoms with Gasteiger partial charge in [0.15, 0.2) is 0 Å². The van der Waals surface area contributed by atoms with Crippen LogP contribution >= 0.6 is 23.1 Å². The molecule has 1 heterocycles. The van der Waals surface area contributed by atoms with Crippen LogP contribution in [0.15, 0.2) is 50.4 Å². The van der Waals surface area contributed by atoms with E-state index in [-0.39, 0.29) is 9.77 Å². The van der Waals surface area contributed by atoms with E-state index in [2.05, 4.69) is 0 Å². The lowest BCUT2D eigenvalue weighted by molar-refractivity contribution is 0.0702. The zero-order valence-corrected chi connectivity index (χ0v) is 11.9. The van der Waals surface area contributed by atoms with Crippen molar-refractivity contribution in [1.29, 1.82) is 0 Å². The van der Waals surface area contributed by atoms with Crippen molar-refractivity contribution < 1.29 is 18.3 Å². The Hall–Kier alpha value is -1.35. The highest BCUT2D eigenvalue weighted by Gasteiger charge is 2.09. The van der Waals surface area contributed by atoms with Crippen molar-refractivity contribution in [2.45, 2.75) is 14.7 Å². The lowest BCUT2D eigenvalue weighted by atomic mass is 10.4. The molecule has 0 bridgehead atoms. The van der Waals surface area contributed by atoms with Gasteiger partial charge in [0.05, 0.1) is 4.90 Å². The van der Waals surface area contributed by atoms with Gasteiger partial charge in [-0.1, -0.05) is 11.8 Å². The molecule has 0 fully saturated rings. The molecule has 0 aliphatic heterocycles. The molecule has 0 spiro atoms. The summed E-state index contributed by atoms with van der Waals surface area (Å²) in [7, 11) is -3.68. The van der Waals surface area contributed by atoms with E-state index in [9.17, 15) is 13.2 Å². The van der Waals surface area contributed by atoms with Crippen LogP contribution in [0.4, 0.5) is 0 Å². The first-order chi connectivity index (χ1) is 8.86. The van der Waals surface area contributed by atoms with Crippen LogP contribution < -0.4 is 5.14 Å². The minimum absolute atomic E-state index is 0.0494. The van der Waals surface area contributed by atoms with E-state index >= 15 is 0 Å². The van der Waals surface area contributed by atoms with Gasteiger partial charge < -0.3 is 5.11 Å². The summed E-state index contributed by atoms with van der Waals surface area (Å²) in [5.74, 6) is -0.957. The third kappa shape index (κ3) is 3.57. The highest BCUT2D eigenvalue weighted by molar-refractivity contribution is 7.99. The molecule has 19 heavy (non-hydrogen) atoms. The molecule has 0 saturated heterocycles. The van der Waals surface area contributed by atoms with Gasteiger partial charge in [0, 0.05) is 15.2 Å². The molecule has 0 amide bonds. The number of carboxylic acids is 1. The summed E-state index contributed by atoms with van der Waals surface area (Å²) >= 11 is 2.50. The minimum Gasteiger partial charge on any atom is -0.477 e. The van der Waals surface area contributed by atoms with Crippen LogP contribution in [0.25, 0.3) is 0 Å². The van der Waals surface area contributed by atoms with Gasteiger partial charge in [0.25, 0.3) is 0 Å². The highest BCUT2D eigenvalue weighted by Crippen LogP contribution is 2.31. The number of sulfonamides is 1. The fraction of sp³-hybridized carbons (Fsp3) is 0. The zero-order valence-electron chi connectivity index (χ0n) is 9.44. The minimum atomic E-state index is -3.68. The molecular weight excluding hydrogens is 306 g/mol. The van der Waals surface area contributed by atoms with Crippen molar-refractivity contribution in [1.82, 2.24) is 0 Å². The van der Waals surface area contributed by atoms with E-state index in [1.54, 1.807) is 23.6 Å². The molecule has 100 valence electrons. The summed E-state index contributed by atoms with van der Waals surface area (Å²) in [4.78, 5) is 12.7. The van der Waals surface area contributed by atoms with Crippen LogP contribution in [-0.2, 0) is 10.0 Å². The summed E-state index contributed by atoms with van der Waals surface area (Å²) < 4.78 is 22.2. The molecule has 0 saturated carbocycles. The maximum Gasteiger partial charge on any atom is 0.345 e. The van der Waals surface area contributed by atoms with Crippen LogP contribution in [0.5, 0.6) is 0 Å². The Morgan fingerprint density at radius 2 is 1.84 bits per heavy atom. The molecule has 1 aromatic carbocycles. The maximum atomic E-state index is 11.1. The summed E-state index contributed by atoms with van der Waals surface area (Å²) in [6.07, 6.45) is 0. The number of rotatable bonds is 4. The predicted octanol–water partition coefficient (Wildman–Crippen LogP) is 2.24. The Labute approximate surface area is 118 Å². The van der Waals surface area contributed by atoms with Gasteiger partial charge >= 0.3 is 5.97 Å². The molecule has 0 atom stereocenters. The average Bonchev–Trinajstić information content (AvgIpc) is 2.77. The molecule has 3 N–H and O–H groups in total. The van der Waals surface area contributed by atoms with Crippen LogP contribution in [0, 0.1) is 0 Å². The number of hydrogen-bond donors (Lipinski definition) is 2. The monoisotopic (exact) mass is 315 g/mol. The smallest absolute Gasteiger partial charge is 0.345 e. The van der Waals surface area contributed by atoms with Gasteiger partial charge in [-0.05, 0) is 30.3 Å². The molecule has 0 radical (unpaired) electrons. The third-order valence-electron chi connectivity index (χ3n) is 2.17. The number of carbonyl (C=O) groups is 1. The third-order valence-corrected chi connectivity index (χ3v) is 5.15. The summed E-state index contributed by atoms with van der Waals surface area (Å²) in [6.45, 7) is 0. The van der Waals surface area contributed by atoms with Crippen LogP contribution in [0.1, 0.15) is 9.67 Å². The van der Waals surface area contributed by atoms with Gasteiger partial charge in [-0.25, -0.2) is 18.4 Å². The van der Waals surface area contributed by atoms with Crippen molar-refractivity contribution in [3.8, 4) is 0 Å². The molecule has 2 rings (SSSR count). The van der Waals surface area contributed by atoms with Crippen molar-refractivity contribution in [2.75, 3.05) is 0 Å². The van der Waals surface area contributed by atoms with E-state index in [1.165, 1.54) is 23.9 Å². The first kappa shape index (κ1) is 14.1. The number of hydrogen-bond acceptors (Lipinski definition) is 5.